The van der Waals surface area contributed by atoms with Crippen LogP contribution >= 0.6 is 11.3 Å². The van der Waals surface area contributed by atoms with Gasteiger partial charge in [0.05, 0.1) is 5.69 Å². The zero-order valence-corrected chi connectivity index (χ0v) is 10.9. The van der Waals surface area contributed by atoms with Crippen LogP contribution in [0.2, 0.25) is 0 Å². The van der Waals surface area contributed by atoms with E-state index >= 15 is 0 Å². The Kier molecular flexibility index (Phi) is 4.55. The van der Waals surface area contributed by atoms with Gasteiger partial charge in [-0.25, -0.2) is 0 Å². The maximum atomic E-state index is 11.1. The molecule has 1 aromatic carbocycles. The van der Waals surface area contributed by atoms with Crippen molar-refractivity contribution in [3.8, 4) is 11.3 Å². The minimum Gasteiger partial charge on any atom is -0.312 e. The van der Waals surface area contributed by atoms with Crippen LogP contribution in [0.15, 0.2) is 45.6 Å². The highest BCUT2D eigenvalue weighted by Crippen LogP contribution is 2.18. The molecule has 1 N–H and O–H groups in total. The Morgan fingerprint density at radius 3 is 2.79 bits per heavy atom. The van der Waals surface area contributed by atoms with E-state index in [2.05, 4.69) is 15.0 Å². The van der Waals surface area contributed by atoms with Crippen LogP contribution in [0.1, 0.15) is 12.0 Å². The zero-order chi connectivity index (χ0) is 13.5. The second kappa shape index (κ2) is 6.58. The second-order valence-corrected chi connectivity index (χ2v) is 4.67. The number of hydrogen-bond acceptors (Lipinski definition) is 3. The topological polar surface area (TPSA) is 81.6 Å². The molecule has 6 heteroatoms. The van der Waals surface area contributed by atoms with Gasteiger partial charge in [-0.15, -0.1) is 0 Å². The molecular formula is C13H12N4OS. The van der Waals surface area contributed by atoms with Gasteiger partial charge in [0.1, 0.15) is 0 Å². The molecule has 2 rings (SSSR count). The summed E-state index contributed by atoms with van der Waals surface area (Å²) in [6.07, 6.45) is 4.67. The summed E-state index contributed by atoms with van der Waals surface area (Å²) >= 11 is 1.16. The molecule has 0 aliphatic rings. The second-order valence-electron chi connectivity index (χ2n) is 3.83. The van der Waals surface area contributed by atoms with Crippen LogP contribution in [0, 0.1) is 0 Å². The number of azide groups is 1. The Morgan fingerprint density at radius 2 is 2.16 bits per heavy atom. The van der Waals surface area contributed by atoms with E-state index in [0.717, 1.165) is 34.6 Å². The number of benzene rings is 1. The maximum absolute atomic E-state index is 11.1. The van der Waals surface area contributed by atoms with Crippen molar-refractivity contribution in [3.05, 3.63) is 61.4 Å². The molecule has 1 heterocycles. The van der Waals surface area contributed by atoms with Crippen molar-refractivity contribution in [1.29, 1.82) is 0 Å². The summed E-state index contributed by atoms with van der Waals surface area (Å²) in [5.41, 5.74) is 11.0. The summed E-state index contributed by atoms with van der Waals surface area (Å²) in [6, 6.07) is 7.89. The molecule has 96 valence electrons. The van der Waals surface area contributed by atoms with Gasteiger partial charge in [-0.3, -0.25) is 4.79 Å². The molecule has 0 saturated carbocycles. The van der Waals surface area contributed by atoms with Gasteiger partial charge in [-0.1, -0.05) is 52.9 Å². The molecule has 19 heavy (non-hydrogen) atoms. The van der Waals surface area contributed by atoms with Crippen LogP contribution in [0.3, 0.4) is 0 Å². The highest BCUT2D eigenvalue weighted by molar-refractivity contribution is 7.07. The lowest BCUT2D eigenvalue weighted by atomic mass is 10.1. The van der Waals surface area contributed by atoms with Crippen molar-refractivity contribution < 1.29 is 0 Å². The highest BCUT2D eigenvalue weighted by atomic mass is 32.1. The van der Waals surface area contributed by atoms with E-state index in [1.165, 1.54) is 0 Å². The molecule has 2 aromatic rings. The maximum Gasteiger partial charge on any atom is 0.304 e. The van der Waals surface area contributed by atoms with Crippen LogP contribution in [0.5, 0.6) is 0 Å². The number of rotatable bonds is 5. The molecule has 0 unspecified atom stereocenters. The number of hydrogen-bond donors (Lipinski definition) is 1. The lowest BCUT2D eigenvalue weighted by Gasteiger charge is -1.98. The Balaban J connectivity index is 2.02. The van der Waals surface area contributed by atoms with Gasteiger partial charge in [-0.05, 0) is 23.1 Å². The number of nitrogens with zero attached hydrogens (tertiary/aromatic N) is 3. The van der Waals surface area contributed by atoms with Gasteiger partial charge < -0.3 is 4.98 Å². The molecule has 0 fully saturated rings. The van der Waals surface area contributed by atoms with Gasteiger partial charge in [0, 0.05) is 16.8 Å². The summed E-state index contributed by atoms with van der Waals surface area (Å²) in [6.45, 7) is 0.473. The number of aromatic amines is 1. The molecule has 0 radical (unpaired) electrons. The summed E-state index contributed by atoms with van der Waals surface area (Å²) in [7, 11) is 0. The molecule has 0 saturated heterocycles. The molecule has 5 nitrogen and oxygen atoms in total. The summed E-state index contributed by atoms with van der Waals surface area (Å²) < 4.78 is 0. The number of H-pyrrole nitrogens is 1. The smallest absolute Gasteiger partial charge is 0.304 e. The number of aromatic nitrogens is 1. The lowest BCUT2D eigenvalue weighted by molar-refractivity contribution is 0.996. The Morgan fingerprint density at radius 1 is 1.37 bits per heavy atom. The minimum atomic E-state index is -0.0444. The van der Waals surface area contributed by atoms with E-state index in [4.69, 9.17) is 5.53 Å². The quantitative estimate of drug-likeness (QED) is 0.381. The van der Waals surface area contributed by atoms with E-state index in [9.17, 15) is 4.79 Å². The third-order valence-electron chi connectivity index (χ3n) is 2.51. The van der Waals surface area contributed by atoms with Crippen molar-refractivity contribution in [2.45, 2.75) is 6.42 Å². The van der Waals surface area contributed by atoms with Crippen LogP contribution in [-0.4, -0.2) is 11.5 Å². The molecule has 0 aliphatic carbocycles. The predicted molar refractivity (Wildman–Crippen MR) is 78.0 cm³/mol. The van der Waals surface area contributed by atoms with Crippen molar-refractivity contribution in [1.82, 2.24) is 4.98 Å². The lowest BCUT2D eigenvalue weighted by Crippen LogP contribution is -1.92. The molecule has 0 spiro atoms. The van der Waals surface area contributed by atoms with Crippen LogP contribution in [0.25, 0.3) is 27.8 Å². The average molecular weight is 272 g/mol. The Bertz CT molecular complexity index is 662. The average Bonchev–Trinajstić information content (AvgIpc) is 2.86. The van der Waals surface area contributed by atoms with Crippen molar-refractivity contribution in [2.24, 2.45) is 5.11 Å². The molecule has 0 atom stereocenters. The zero-order valence-electron chi connectivity index (χ0n) is 10.1. The number of nitrogens with one attached hydrogen (secondary N) is 1. The van der Waals surface area contributed by atoms with E-state index in [0.29, 0.717) is 6.54 Å². The fourth-order valence-electron chi connectivity index (χ4n) is 1.59. The van der Waals surface area contributed by atoms with Crippen molar-refractivity contribution in [2.75, 3.05) is 6.54 Å². The highest BCUT2D eigenvalue weighted by Gasteiger charge is 1.99. The summed E-state index contributed by atoms with van der Waals surface area (Å²) in [5, 5.41) is 5.27. The minimum absolute atomic E-state index is 0.0444. The van der Waals surface area contributed by atoms with E-state index in [-0.39, 0.29) is 4.87 Å². The predicted octanol–water partition coefficient (Wildman–Crippen LogP) is 3.82. The third kappa shape index (κ3) is 3.84. The number of thiazole rings is 1. The largest absolute Gasteiger partial charge is 0.312 e. The summed E-state index contributed by atoms with van der Waals surface area (Å²) in [5.74, 6) is 0. The normalized spacial score (nSPS) is 10.5. The van der Waals surface area contributed by atoms with Gasteiger partial charge in [0.15, 0.2) is 0 Å². The Hall–Kier alpha value is -2.30. The first-order valence-electron chi connectivity index (χ1n) is 5.75. The third-order valence-corrected chi connectivity index (χ3v) is 3.18. The van der Waals surface area contributed by atoms with Crippen LogP contribution < -0.4 is 4.87 Å². The van der Waals surface area contributed by atoms with E-state index in [1.54, 1.807) is 0 Å². The van der Waals surface area contributed by atoms with Gasteiger partial charge in [0.25, 0.3) is 0 Å². The molecule has 0 aliphatic heterocycles. The molecule has 0 amide bonds. The first kappa shape index (κ1) is 13.1. The van der Waals surface area contributed by atoms with Crippen molar-refractivity contribution >= 4 is 17.4 Å². The van der Waals surface area contributed by atoms with Crippen LogP contribution in [0.4, 0.5) is 0 Å². The van der Waals surface area contributed by atoms with Gasteiger partial charge in [0.2, 0.25) is 0 Å². The standard InChI is InChI=1S/C13H12N4OS/c14-17-15-8-2-1-3-10-4-6-11(7-5-10)12-9-19-13(18)16-12/h1,3-7,9H,2,8H2,(H,16,18). The fourth-order valence-corrected chi connectivity index (χ4v) is 2.18. The molecule has 1 aromatic heterocycles. The Labute approximate surface area is 113 Å². The monoisotopic (exact) mass is 272 g/mol. The van der Waals surface area contributed by atoms with E-state index in [1.807, 2.05) is 41.8 Å². The summed E-state index contributed by atoms with van der Waals surface area (Å²) in [4.78, 5) is 16.5. The van der Waals surface area contributed by atoms with Crippen molar-refractivity contribution in [3.63, 3.8) is 0 Å². The fraction of sp³-hybridized carbons (Fsp3) is 0.154. The molecule has 0 bridgehead atoms. The van der Waals surface area contributed by atoms with Gasteiger partial charge in [-0.2, -0.15) is 0 Å². The molecular weight excluding hydrogens is 260 g/mol. The first-order valence-corrected chi connectivity index (χ1v) is 6.63. The first-order chi connectivity index (χ1) is 9.29. The van der Waals surface area contributed by atoms with Crippen LogP contribution in [-0.2, 0) is 0 Å². The van der Waals surface area contributed by atoms with E-state index < -0.39 is 0 Å². The van der Waals surface area contributed by atoms with Gasteiger partial charge >= 0.3 is 4.87 Å². The SMILES string of the molecule is [N-]=[N+]=NCCC=Cc1ccc(-c2csc(=O)[nH]2)cc1.